The van der Waals surface area contributed by atoms with Crippen molar-refractivity contribution in [3.63, 3.8) is 0 Å². The first-order valence-electron chi connectivity index (χ1n) is 3.00. The molecule has 0 saturated heterocycles. The summed E-state index contributed by atoms with van der Waals surface area (Å²) in [7, 11) is 0. The van der Waals surface area contributed by atoms with E-state index in [4.69, 9.17) is 0 Å². The second-order valence-electron chi connectivity index (χ2n) is 1.83. The fraction of sp³-hybridized carbons (Fsp3) is 0.833. The first-order chi connectivity index (χ1) is 4.56. The summed E-state index contributed by atoms with van der Waals surface area (Å²) in [5.74, 6) is 0. The van der Waals surface area contributed by atoms with Gasteiger partial charge in [0.05, 0.1) is 13.0 Å². The maximum absolute atomic E-state index is 11.4. The summed E-state index contributed by atoms with van der Waals surface area (Å²) in [5, 5.41) is 0. The van der Waals surface area contributed by atoms with Crippen LogP contribution < -0.4 is 0 Å². The predicted octanol–water partition coefficient (Wildman–Crippen LogP) is 2.18. The molecule has 0 aromatic heterocycles. The summed E-state index contributed by atoms with van der Waals surface area (Å²) < 4.78 is 38.7. The van der Waals surface area contributed by atoms with Gasteiger partial charge in [-0.25, -0.2) is 0 Å². The molecule has 0 atom stereocenters. The lowest BCUT2D eigenvalue weighted by atomic mass is 10.4. The molecule has 0 heterocycles. The van der Waals surface area contributed by atoms with Crippen LogP contribution in [0.4, 0.5) is 13.2 Å². The molecule has 61 valence electrons. The van der Waals surface area contributed by atoms with Crippen LogP contribution in [-0.4, -0.2) is 19.4 Å². The third kappa shape index (κ3) is 7.75. The van der Waals surface area contributed by atoms with E-state index < -0.39 is 12.6 Å². The van der Waals surface area contributed by atoms with Crippen molar-refractivity contribution in [2.45, 2.75) is 19.0 Å². The van der Waals surface area contributed by atoms with Gasteiger partial charge in [0.2, 0.25) is 0 Å². The molecule has 0 spiro atoms. The van der Waals surface area contributed by atoms with Crippen LogP contribution >= 0.6 is 0 Å². The van der Waals surface area contributed by atoms with E-state index in [-0.39, 0.29) is 6.61 Å². The van der Waals surface area contributed by atoms with Crippen LogP contribution in [0.5, 0.6) is 0 Å². The van der Waals surface area contributed by atoms with Crippen LogP contribution in [0, 0.1) is 6.92 Å². The minimum absolute atomic E-state index is 0.251. The average molecular weight is 155 g/mol. The van der Waals surface area contributed by atoms with Gasteiger partial charge >= 0.3 is 6.18 Å². The Hall–Kier alpha value is -0.250. The zero-order valence-corrected chi connectivity index (χ0v) is 5.58. The third-order valence-electron chi connectivity index (χ3n) is 0.819. The number of hydrogen-bond acceptors (Lipinski definition) is 1. The van der Waals surface area contributed by atoms with Crippen LogP contribution in [0.3, 0.4) is 0 Å². The molecule has 0 amide bonds. The average Bonchev–Trinajstić information content (AvgIpc) is 1.78. The van der Waals surface area contributed by atoms with E-state index in [1.165, 1.54) is 0 Å². The fourth-order valence-electron chi connectivity index (χ4n) is 0.392. The summed E-state index contributed by atoms with van der Waals surface area (Å²) in [6.45, 7) is 3.46. The second kappa shape index (κ2) is 4.55. The molecule has 0 aliphatic heterocycles. The Balaban J connectivity index is 3.04. The van der Waals surface area contributed by atoms with E-state index in [0.717, 1.165) is 0 Å². The predicted molar refractivity (Wildman–Crippen MR) is 31.5 cm³/mol. The van der Waals surface area contributed by atoms with Gasteiger partial charge in [-0.2, -0.15) is 13.2 Å². The van der Waals surface area contributed by atoms with Gasteiger partial charge in [0.1, 0.15) is 0 Å². The molecule has 0 N–H and O–H groups in total. The molecule has 4 heteroatoms. The molecule has 0 rings (SSSR count). The topological polar surface area (TPSA) is 9.23 Å². The molecule has 10 heavy (non-hydrogen) atoms. The second-order valence-corrected chi connectivity index (χ2v) is 1.83. The number of ether oxygens (including phenoxy) is 1. The van der Waals surface area contributed by atoms with Crippen LogP contribution in [0.15, 0.2) is 0 Å². The van der Waals surface area contributed by atoms with Crippen LogP contribution in [0.2, 0.25) is 0 Å². The van der Waals surface area contributed by atoms with Crippen LogP contribution in [0.25, 0.3) is 0 Å². The van der Waals surface area contributed by atoms with E-state index in [9.17, 15) is 13.2 Å². The van der Waals surface area contributed by atoms with Crippen LogP contribution in [-0.2, 0) is 4.74 Å². The molecule has 1 radical (unpaired) electrons. The summed E-state index contributed by atoms with van der Waals surface area (Å²) >= 11 is 0. The highest BCUT2D eigenvalue weighted by molar-refractivity contribution is 4.48. The Kier molecular flexibility index (Phi) is 4.43. The van der Waals surface area contributed by atoms with E-state index in [0.29, 0.717) is 13.0 Å². The van der Waals surface area contributed by atoms with E-state index in [1.54, 1.807) is 0 Å². The standard InChI is InChI=1S/C6H10F3O/c1-2-4-10-5-3-6(7,8)9/h1-5H2. The summed E-state index contributed by atoms with van der Waals surface area (Å²) in [6, 6.07) is 0. The number of alkyl halides is 3. The van der Waals surface area contributed by atoms with E-state index in [1.807, 2.05) is 0 Å². The van der Waals surface area contributed by atoms with Crippen molar-refractivity contribution in [1.29, 1.82) is 0 Å². The zero-order valence-electron chi connectivity index (χ0n) is 5.58. The smallest absolute Gasteiger partial charge is 0.381 e. The minimum Gasteiger partial charge on any atom is -0.381 e. The van der Waals surface area contributed by atoms with E-state index >= 15 is 0 Å². The Morgan fingerprint density at radius 2 is 1.80 bits per heavy atom. The van der Waals surface area contributed by atoms with Crippen molar-refractivity contribution in [2.75, 3.05) is 13.2 Å². The summed E-state index contributed by atoms with van der Waals surface area (Å²) in [5.41, 5.74) is 0. The van der Waals surface area contributed by atoms with Gasteiger partial charge in [-0.3, -0.25) is 0 Å². The molecule has 0 unspecified atom stereocenters. The number of halogens is 3. The summed E-state index contributed by atoms with van der Waals surface area (Å²) in [6.07, 6.45) is -4.45. The van der Waals surface area contributed by atoms with Gasteiger partial charge in [-0.05, 0) is 6.42 Å². The van der Waals surface area contributed by atoms with Gasteiger partial charge in [-0.15, -0.1) is 0 Å². The highest BCUT2D eigenvalue weighted by Gasteiger charge is 2.26. The molecule has 0 aromatic rings. The van der Waals surface area contributed by atoms with Gasteiger partial charge in [0.15, 0.2) is 0 Å². The molecular formula is C6H10F3O. The van der Waals surface area contributed by atoms with Gasteiger partial charge in [-0.1, -0.05) is 6.92 Å². The number of rotatable bonds is 4. The fourth-order valence-corrected chi connectivity index (χ4v) is 0.392. The van der Waals surface area contributed by atoms with Crippen molar-refractivity contribution in [3.05, 3.63) is 6.92 Å². The molecule has 0 saturated carbocycles. The first kappa shape index (κ1) is 9.75. The number of hydrogen-bond donors (Lipinski definition) is 0. The first-order valence-corrected chi connectivity index (χ1v) is 3.00. The molecule has 0 fully saturated rings. The lowest BCUT2D eigenvalue weighted by Crippen LogP contribution is -2.11. The molecular weight excluding hydrogens is 145 g/mol. The van der Waals surface area contributed by atoms with Gasteiger partial charge < -0.3 is 4.74 Å². The Morgan fingerprint density at radius 3 is 2.20 bits per heavy atom. The maximum atomic E-state index is 11.4. The molecule has 0 aromatic carbocycles. The maximum Gasteiger partial charge on any atom is 0.391 e. The monoisotopic (exact) mass is 155 g/mol. The molecule has 0 aliphatic carbocycles. The van der Waals surface area contributed by atoms with Gasteiger partial charge in [0.25, 0.3) is 0 Å². The SMILES string of the molecule is [CH2]CCOCCC(F)(F)F. The third-order valence-corrected chi connectivity index (χ3v) is 0.819. The molecule has 0 bridgehead atoms. The molecule has 0 aliphatic rings. The lowest BCUT2D eigenvalue weighted by Gasteiger charge is -2.05. The van der Waals surface area contributed by atoms with Crippen molar-refractivity contribution >= 4 is 0 Å². The largest absolute Gasteiger partial charge is 0.391 e. The van der Waals surface area contributed by atoms with Gasteiger partial charge in [0, 0.05) is 6.61 Å². The Morgan fingerprint density at radius 1 is 1.20 bits per heavy atom. The lowest BCUT2D eigenvalue weighted by molar-refractivity contribution is -0.145. The minimum atomic E-state index is -4.10. The highest BCUT2D eigenvalue weighted by Crippen LogP contribution is 2.18. The zero-order chi connectivity index (χ0) is 8.04. The van der Waals surface area contributed by atoms with E-state index in [2.05, 4.69) is 11.7 Å². The quantitative estimate of drug-likeness (QED) is 0.565. The van der Waals surface area contributed by atoms with Crippen molar-refractivity contribution in [3.8, 4) is 0 Å². The Labute approximate surface area is 58.2 Å². The molecule has 1 nitrogen and oxygen atoms in total. The normalized spacial score (nSPS) is 12.0. The van der Waals surface area contributed by atoms with Crippen molar-refractivity contribution in [1.82, 2.24) is 0 Å². The Bertz CT molecular complexity index is 79.6. The van der Waals surface area contributed by atoms with Crippen molar-refractivity contribution < 1.29 is 17.9 Å². The van der Waals surface area contributed by atoms with Crippen LogP contribution in [0.1, 0.15) is 12.8 Å². The summed E-state index contributed by atoms with van der Waals surface area (Å²) in [4.78, 5) is 0. The van der Waals surface area contributed by atoms with Crippen molar-refractivity contribution in [2.24, 2.45) is 0 Å². The highest BCUT2D eigenvalue weighted by atomic mass is 19.4.